The molecule has 2 aromatic rings. The van der Waals surface area contributed by atoms with Crippen molar-refractivity contribution >= 4 is 22.9 Å². The molecule has 0 aromatic carbocycles. The molecule has 4 unspecified atom stereocenters. The van der Waals surface area contributed by atoms with Gasteiger partial charge in [-0.25, -0.2) is 0 Å². The van der Waals surface area contributed by atoms with Gasteiger partial charge in [0.2, 0.25) is 0 Å². The molecule has 2 aromatic heterocycles. The summed E-state index contributed by atoms with van der Waals surface area (Å²) in [4.78, 5) is 1.22. The first-order chi connectivity index (χ1) is 10.2. The molecule has 4 atom stereocenters. The predicted molar refractivity (Wildman–Crippen MR) is 89.0 cm³/mol. The van der Waals surface area contributed by atoms with E-state index in [1.54, 1.807) is 17.6 Å². The Balaban J connectivity index is 1.81. The van der Waals surface area contributed by atoms with Crippen LogP contribution >= 0.6 is 22.9 Å². The molecule has 1 aliphatic rings. The van der Waals surface area contributed by atoms with Gasteiger partial charge in [-0.3, -0.25) is 5.32 Å². The molecule has 1 N–H and O–H groups in total. The van der Waals surface area contributed by atoms with Crippen LogP contribution in [0.4, 0.5) is 0 Å². The minimum atomic E-state index is 0.112. The first-order valence-electron chi connectivity index (χ1n) is 7.73. The minimum absolute atomic E-state index is 0.112. The van der Waals surface area contributed by atoms with E-state index in [0.29, 0.717) is 12.0 Å². The van der Waals surface area contributed by atoms with E-state index in [4.69, 9.17) is 16.0 Å². The monoisotopic (exact) mass is 323 g/mol. The normalized spacial score (nSPS) is 27.1. The zero-order valence-corrected chi connectivity index (χ0v) is 14.1. The van der Waals surface area contributed by atoms with E-state index < -0.39 is 0 Å². The van der Waals surface area contributed by atoms with Crippen molar-refractivity contribution in [3.8, 4) is 0 Å². The summed E-state index contributed by atoms with van der Waals surface area (Å²) in [7, 11) is 0. The zero-order valence-electron chi connectivity index (χ0n) is 12.5. The molecule has 114 valence electrons. The van der Waals surface area contributed by atoms with Crippen LogP contribution < -0.4 is 5.32 Å². The van der Waals surface area contributed by atoms with Gasteiger partial charge in [0.15, 0.2) is 0 Å². The molecule has 0 aliphatic heterocycles. The highest BCUT2D eigenvalue weighted by atomic mass is 35.5. The summed E-state index contributed by atoms with van der Waals surface area (Å²) in [5.41, 5.74) is 0. The molecule has 0 saturated heterocycles. The molecule has 21 heavy (non-hydrogen) atoms. The van der Waals surface area contributed by atoms with Crippen LogP contribution in [0.2, 0.25) is 4.34 Å². The van der Waals surface area contributed by atoms with Crippen molar-refractivity contribution in [1.82, 2.24) is 5.32 Å². The van der Waals surface area contributed by atoms with Gasteiger partial charge in [-0.1, -0.05) is 31.9 Å². The van der Waals surface area contributed by atoms with Crippen LogP contribution in [0.15, 0.2) is 34.9 Å². The lowest BCUT2D eigenvalue weighted by Crippen LogP contribution is -2.35. The average molecular weight is 324 g/mol. The fourth-order valence-corrected chi connectivity index (χ4v) is 4.65. The van der Waals surface area contributed by atoms with E-state index >= 15 is 0 Å². The molecule has 2 nitrogen and oxygen atoms in total. The van der Waals surface area contributed by atoms with E-state index in [0.717, 1.165) is 16.0 Å². The van der Waals surface area contributed by atoms with Gasteiger partial charge >= 0.3 is 0 Å². The number of thiophene rings is 1. The van der Waals surface area contributed by atoms with E-state index in [9.17, 15) is 0 Å². The summed E-state index contributed by atoms with van der Waals surface area (Å²) in [5.74, 6) is 2.52. The fourth-order valence-electron chi connectivity index (χ4n) is 3.52. The molecule has 1 fully saturated rings. The van der Waals surface area contributed by atoms with Gasteiger partial charge in [0.1, 0.15) is 11.8 Å². The van der Waals surface area contributed by atoms with Crippen molar-refractivity contribution in [2.45, 2.75) is 45.2 Å². The number of nitrogens with one attached hydrogen (secondary N) is 1. The maximum absolute atomic E-state index is 6.12. The second-order valence-corrected chi connectivity index (χ2v) is 7.71. The van der Waals surface area contributed by atoms with Crippen molar-refractivity contribution in [2.75, 3.05) is 0 Å². The lowest BCUT2D eigenvalue weighted by atomic mass is 9.93. The van der Waals surface area contributed by atoms with E-state index in [1.165, 1.54) is 24.1 Å². The summed E-state index contributed by atoms with van der Waals surface area (Å²) >= 11 is 7.75. The predicted octanol–water partition coefficient (Wildman–Crippen LogP) is 5.50. The third kappa shape index (κ3) is 3.20. The third-order valence-electron chi connectivity index (χ3n) is 4.84. The van der Waals surface area contributed by atoms with Crippen molar-refractivity contribution in [3.05, 3.63) is 45.5 Å². The third-order valence-corrected chi connectivity index (χ3v) is 6.13. The first kappa shape index (κ1) is 15.1. The molecule has 0 spiro atoms. The Morgan fingerprint density at radius 3 is 2.81 bits per heavy atom. The van der Waals surface area contributed by atoms with Crippen molar-refractivity contribution in [2.24, 2.45) is 11.8 Å². The number of halogens is 1. The summed E-state index contributed by atoms with van der Waals surface area (Å²) in [6, 6.07) is 8.72. The molecular weight excluding hydrogens is 302 g/mol. The standard InChI is InChI=1S/C17H22ClNOS/c1-3-12-6-7-13(11(12)2)19-17(14-5-4-10-20-14)15-8-9-16(18)21-15/h4-5,8-13,17,19H,3,6-7H2,1-2H3. The van der Waals surface area contributed by atoms with Gasteiger partial charge in [-0.15, -0.1) is 11.3 Å². The Bertz CT molecular complexity index is 565. The van der Waals surface area contributed by atoms with Crippen LogP contribution in [0.1, 0.15) is 49.8 Å². The van der Waals surface area contributed by atoms with Gasteiger partial charge in [0.05, 0.1) is 10.6 Å². The van der Waals surface area contributed by atoms with Crippen molar-refractivity contribution < 1.29 is 4.42 Å². The molecular formula is C17H22ClNOS. The van der Waals surface area contributed by atoms with Gasteiger partial charge < -0.3 is 4.42 Å². The van der Waals surface area contributed by atoms with Crippen LogP contribution in [-0.4, -0.2) is 6.04 Å². The van der Waals surface area contributed by atoms with Gasteiger partial charge in [-0.05, 0) is 48.9 Å². The largest absolute Gasteiger partial charge is 0.467 e. The quantitative estimate of drug-likeness (QED) is 0.786. The molecule has 4 heteroatoms. The second-order valence-electron chi connectivity index (χ2n) is 5.97. The highest BCUT2D eigenvalue weighted by Gasteiger charge is 2.34. The van der Waals surface area contributed by atoms with Crippen molar-refractivity contribution in [1.29, 1.82) is 0 Å². The number of hydrogen-bond acceptors (Lipinski definition) is 3. The summed E-state index contributed by atoms with van der Waals surface area (Å²) in [6.07, 6.45) is 5.59. The molecule has 0 radical (unpaired) electrons. The summed E-state index contributed by atoms with van der Waals surface area (Å²) < 4.78 is 6.49. The number of furan rings is 1. The Kier molecular flexibility index (Phi) is 4.72. The van der Waals surface area contributed by atoms with E-state index in [2.05, 4.69) is 25.2 Å². The first-order valence-corrected chi connectivity index (χ1v) is 8.93. The lowest BCUT2D eigenvalue weighted by molar-refractivity contribution is 0.320. The maximum atomic E-state index is 6.12. The molecule has 1 aliphatic carbocycles. The lowest BCUT2D eigenvalue weighted by Gasteiger charge is -2.25. The Morgan fingerprint density at radius 2 is 2.24 bits per heavy atom. The second kappa shape index (κ2) is 6.55. The van der Waals surface area contributed by atoms with Crippen LogP contribution in [0, 0.1) is 11.8 Å². The smallest absolute Gasteiger partial charge is 0.126 e. The van der Waals surface area contributed by atoms with Crippen LogP contribution in [-0.2, 0) is 0 Å². The Labute approximate surface area is 135 Å². The topological polar surface area (TPSA) is 25.2 Å². The molecule has 2 heterocycles. The highest BCUT2D eigenvalue weighted by Crippen LogP contribution is 2.38. The van der Waals surface area contributed by atoms with Crippen LogP contribution in [0.25, 0.3) is 0 Å². The summed E-state index contributed by atoms with van der Waals surface area (Å²) in [5, 5.41) is 3.82. The van der Waals surface area contributed by atoms with Crippen LogP contribution in [0.5, 0.6) is 0 Å². The molecule has 0 bridgehead atoms. The summed E-state index contributed by atoms with van der Waals surface area (Å²) in [6.45, 7) is 4.67. The zero-order chi connectivity index (χ0) is 14.8. The molecule has 0 amide bonds. The van der Waals surface area contributed by atoms with E-state index in [1.807, 2.05) is 18.2 Å². The highest BCUT2D eigenvalue weighted by molar-refractivity contribution is 7.16. The maximum Gasteiger partial charge on any atom is 0.126 e. The number of hydrogen-bond donors (Lipinski definition) is 1. The van der Waals surface area contributed by atoms with Gasteiger partial charge in [0, 0.05) is 10.9 Å². The Hall–Kier alpha value is -0.770. The van der Waals surface area contributed by atoms with Gasteiger partial charge in [-0.2, -0.15) is 0 Å². The SMILES string of the molecule is CCC1CCC(NC(c2ccco2)c2ccc(Cl)s2)C1C. The number of rotatable bonds is 5. The van der Waals surface area contributed by atoms with Gasteiger partial charge in [0.25, 0.3) is 0 Å². The average Bonchev–Trinajstić information content (AvgIpc) is 3.19. The van der Waals surface area contributed by atoms with Crippen molar-refractivity contribution in [3.63, 3.8) is 0 Å². The van der Waals surface area contributed by atoms with E-state index in [-0.39, 0.29) is 6.04 Å². The Morgan fingerprint density at radius 1 is 1.38 bits per heavy atom. The molecule has 1 saturated carbocycles. The minimum Gasteiger partial charge on any atom is -0.467 e. The molecule has 3 rings (SSSR count). The van der Waals surface area contributed by atoms with Crippen LogP contribution in [0.3, 0.4) is 0 Å². The fraction of sp³-hybridized carbons (Fsp3) is 0.529.